The Bertz CT molecular complexity index is 915. The number of aryl methyl sites for hydroxylation is 1. The summed E-state index contributed by atoms with van der Waals surface area (Å²) in [7, 11) is 0. The fourth-order valence-corrected chi connectivity index (χ4v) is 4.71. The lowest BCUT2D eigenvalue weighted by atomic mass is 9.40. The minimum atomic E-state index is -0.285. The molecule has 1 aromatic carbocycles. The molecule has 5 nitrogen and oxygen atoms in total. The van der Waals surface area contributed by atoms with Crippen molar-refractivity contribution in [1.29, 1.82) is 5.26 Å². The monoisotopic (exact) mass is 310 g/mol. The topological polar surface area (TPSA) is 63.6 Å². The maximum absolute atomic E-state index is 13.5. The molecule has 2 aromatic rings. The summed E-state index contributed by atoms with van der Waals surface area (Å²) in [5.74, 6) is 0.492. The van der Waals surface area contributed by atoms with E-state index in [0.717, 1.165) is 43.5 Å². The van der Waals surface area contributed by atoms with Gasteiger partial charge in [0, 0.05) is 6.42 Å². The Hall–Kier alpha value is -2.42. The molecule has 0 spiro atoms. The first-order valence-electron chi connectivity index (χ1n) is 7.94. The van der Waals surface area contributed by atoms with E-state index in [4.69, 9.17) is 5.26 Å². The largest absolute Gasteiger partial charge is 0.347 e. The van der Waals surface area contributed by atoms with Crippen LogP contribution in [0.5, 0.6) is 0 Å². The first kappa shape index (κ1) is 13.1. The molecule has 1 atom stereocenters. The molecular weight excluding hydrogens is 295 g/mol. The zero-order valence-electron chi connectivity index (χ0n) is 12.5. The predicted molar refractivity (Wildman–Crippen MR) is 79.2 cm³/mol. The van der Waals surface area contributed by atoms with Crippen molar-refractivity contribution in [2.45, 2.75) is 43.7 Å². The van der Waals surface area contributed by atoms with Gasteiger partial charge >= 0.3 is 5.69 Å². The van der Waals surface area contributed by atoms with Crippen LogP contribution in [0.4, 0.5) is 4.39 Å². The van der Waals surface area contributed by atoms with E-state index in [2.05, 4.69) is 11.2 Å². The van der Waals surface area contributed by atoms with E-state index in [-0.39, 0.29) is 28.5 Å². The summed E-state index contributed by atoms with van der Waals surface area (Å²) < 4.78 is 16.8. The summed E-state index contributed by atoms with van der Waals surface area (Å²) >= 11 is 0. The molecule has 2 heterocycles. The molecule has 0 N–H and O–H groups in total. The number of fused-ring (bicyclic) bond motifs is 1. The van der Waals surface area contributed by atoms with E-state index in [1.807, 2.05) is 6.07 Å². The van der Waals surface area contributed by atoms with Crippen LogP contribution in [0.1, 0.15) is 43.1 Å². The lowest BCUT2D eigenvalue weighted by Crippen LogP contribution is -2.69. The maximum atomic E-state index is 13.5. The highest BCUT2D eigenvalue weighted by molar-refractivity contribution is 5.29. The number of aromatic nitrogens is 3. The van der Waals surface area contributed by atoms with Gasteiger partial charge in [0.2, 0.25) is 0 Å². The smallest absolute Gasteiger partial charge is 0.271 e. The molecule has 1 aromatic heterocycles. The minimum absolute atomic E-state index is 0.113. The van der Waals surface area contributed by atoms with E-state index >= 15 is 0 Å². The average Bonchev–Trinajstić information content (AvgIpc) is 2.99. The maximum Gasteiger partial charge on any atom is 0.347 e. The SMILES string of the molecule is N#CC12CC(n3nc4n(c3=O)C(c3cccc(F)c3)CC4)(C1)C2. The first-order chi connectivity index (χ1) is 11.1. The summed E-state index contributed by atoms with van der Waals surface area (Å²) in [4.78, 5) is 12.9. The second-order valence-electron chi connectivity index (χ2n) is 7.24. The van der Waals surface area contributed by atoms with Gasteiger partial charge in [-0.25, -0.2) is 13.9 Å². The van der Waals surface area contributed by atoms with Crippen molar-refractivity contribution >= 4 is 0 Å². The zero-order valence-corrected chi connectivity index (χ0v) is 12.5. The van der Waals surface area contributed by atoms with Crippen LogP contribution in [0.25, 0.3) is 0 Å². The molecular formula is C17H15FN4O. The third kappa shape index (κ3) is 1.50. The molecule has 3 fully saturated rings. The van der Waals surface area contributed by atoms with Crippen molar-refractivity contribution in [3.05, 3.63) is 52.0 Å². The third-order valence-corrected chi connectivity index (χ3v) is 5.76. The summed E-state index contributed by atoms with van der Waals surface area (Å²) in [5.41, 5.74) is 0.251. The lowest BCUT2D eigenvalue weighted by molar-refractivity contribution is -0.155. The number of hydrogen-bond donors (Lipinski definition) is 0. The second kappa shape index (κ2) is 3.91. The molecule has 1 aliphatic heterocycles. The highest BCUT2D eigenvalue weighted by Crippen LogP contribution is 2.70. The minimum Gasteiger partial charge on any atom is -0.271 e. The molecule has 0 amide bonds. The van der Waals surface area contributed by atoms with Gasteiger partial charge in [0.1, 0.15) is 11.6 Å². The van der Waals surface area contributed by atoms with E-state index in [1.165, 1.54) is 12.1 Å². The number of nitrogens with zero attached hydrogens (tertiary/aromatic N) is 4. The normalized spacial score (nSPS) is 33.5. The Balaban J connectivity index is 1.55. The molecule has 0 saturated heterocycles. The van der Waals surface area contributed by atoms with Crippen molar-refractivity contribution in [1.82, 2.24) is 14.3 Å². The fraction of sp³-hybridized carbons (Fsp3) is 0.471. The molecule has 4 aliphatic rings. The molecule has 3 aliphatic carbocycles. The Morgan fingerprint density at radius 3 is 2.83 bits per heavy atom. The summed E-state index contributed by atoms with van der Waals surface area (Å²) in [6.07, 6.45) is 3.70. The molecule has 3 saturated carbocycles. The van der Waals surface area contributed by atoms with E-state index in [1.54, 1.807) is 15.3 Å². The van der Waals surface area contributed by atoms with Crippen molar-refractivity contribution in [3.63, 3.8) is 0 Å². The zero-order chi connectivity index (χ0) is 15.8. The molecule has 23 heavy (non-hydrogen) atoms. The number of nitriles is 1. The van der Waals surface area contributed by atoms with Crippen LogP contribution < -0.4 is 5.69 Å². The van der Waals surface area contributed by atoms with Crippen LogP contribution in [0.15, 0.2) is 29.1 Å². The van der Waals surface area contributed by atoms with Gasteiger partial charge in [0.05, 0.1) is 23.1 Å². The van der Waals surface area contributed by atoms with Crippen LogP contribution >= 0.6 is 0 Å². The van der Waals surface area contributed by atoms with Crippen molar-refractivity contribution in [2.75, 3.05) is 0 Å². The van der Waals surface area contributed by atoms with E-state index < -0.39 is 0 Å². The molecule has 2 bridgehead atoms. The Kier molecular flexibility index (Phi) is 2.22. The molecule has 1 unspecified atom stereocenters. The summed E-state index contributed by atoms with van der Waals surface area (Å²) in [6.45, 7) is 0. The van der Waals surface area contributed by atoms with Gasteiger partial charge in [-0.05, 0) is 43.4 Å². The van der Waals surface area contributed by atoms with Crippen LogP contribution in [-0.2, 0) is 12.0 Å². The van der Waals surface area contributed by atoms with Crippen LogP contribution in [0.2, 0.25) is 0 Å². The standard InChI is InChI=1S/C17H15FN4O/c18-12-3-1-2-11(6-12)13-4-5-14-20-22(15(23)21(13)14)17-7-16(8-17,9-17)10-19/h1-3,6,13H,4-5,7-9H2. The van der Waals surface area contributed by atoms with Crippen molar-refractivity contribution in [3.8, 4) is 6.07 Å². The van der Waals surface area contributed by atoms with Crippen molar-refractivity contribution < 1.29 is 4.39 Å². The highest BCUT2D eigenvalue weighted by Gasteiger charge is 2.71. The molecule has 6 heteroatoms. The number of rotatable bonds is 2. The van der Waals surface area contributed by atoms with Gasteiger partial charge < -0.3 is 0 Å². The average molecular weight is 310 g/mol. The summed E-state index contributed by atoms with van der Waals surface area (Å²) in [6, 6.07) is 8.66. The van der Waals surface area contributed by atoms with Gasteiger partial charge in [0.25, 0.3) is 0 Å². The van der Waals surface area contributed by atoms with Crippen LogP contribution in [0.3, 0.4) is 0 Å². The van der Waals surface area contributed by atoms with E-state index in [0.29, 0.717) is 0 Å². The second-order valence-corrected chi connectivity index (χ2v) is 7.24. The highest BCUT2D eigenvalue weighted by atomic mass is 19.1. The Morgan fingerprint density at radius 1 is 1.35 bits per heavy atom. The van der Waals surface area contributed by atoms with Gasteiger partial charge in [-0.2, -0.15) is 10.4 Å². The Morgan fingerprint density at radius 2 is 2.13 bits per heavy atom. The Labute approximate surface area is 132 Å². The quantitative estimate of drug-likeness (QED) is 0.853. The van der Waals surface area contributed by atoms with E-state index in [9.17, 15) is 9.18 Å². The van der Waals surface area contributed by atoms with Gasteiger partial charge in [-0.1, -0.05) is 12.1 Å². The molecule has 0 radical (unpaired) electrons. The molecule has 6 rings (SSSR count). The van der Waals surface area contributed by atoms with Gasteiger partial charge in [0.15, 0.2) is 0 Å². The number of benzene rings is 1. The van der Waals surface area contributed by atoms with Crippen molar-refractivity contribution in [2.24, 2.45) is 5.41 Å². The molecule has 116 valence electrons. The fourth-order valence-electron chi connectivity index (χ4n) is 4.71. The first-order valence-corrected chi connectivity index (χ1v) is 7.94. The van der Waals surface area contributed by atoms with Crippen LogP contribution in [0, 0.1) is 22.6 Å². The lowest BCUT2D eigenvalue weighted by Gasteiger charge is -2.65. The third-order valence-electron chi connectivity index (χ3n) is 5.76. The van der Waals surface area contributed by atoms with Gasteiger partial charge in [-0.3, -0.25) is 4.57 Å². The van der Waals surface area contributed by atoms with Crippen LogP contribution in [-0.4, -0.2) is 14.3 Å². The number of halogens is 1. The predicted octanol–water partition coefficient (Wildman–Crippen LogP) is 2.12. The summed E-state index contributed by atoms with van der Waals surface area (Å²) in [5, 5.41) is 13.7. The number of hydrogen-bond acceptors (Lipinski definition) is 3. The van der Waals surface area contributed by atoms with Gasteiger partial charge in [-0.15, -0.1) is 0 Å².